The molecule has 1 atom stereocenters. The van der Waals surface area contributed by atoms with E-state index < -0.39 is 6.10 Å². The smallest absolute Gasteiger partial charge is 0.123 e. The summed E-state index contributed by atoms with van der Waals surface area (Å²) in [6, 6.07) is 5.89. The highest BCUT2D eigenvalue weighted by Gasteiger charge is 2.10. The quantitative estimate of drug-likeness (QED) is 0.900. The molecule has 0 aliphatic rings. The van der Waals surface area contributed by atoms with Crippen LogP contribution in [0.2, 0.25) is 0 Å². The van der Waals surface area contributed by atoms with Gasteiger partial charge in [0.2, 0.25) is 0 Å². The molecule has 0 bridgehead atoms. The van der Waals surface area contributed by atoms with Crippen LogP contribution in [0.5, 0.6) is 0 Å². The van der Waals surface area contributed by atoms with Crippen LogP contribution in [-0.2, 0) is 0 Å². The zero-order valence-electron chi connectivity index (χ0n) is 9.16. The summed E-state index contributed by atoms with van der Waals surface area (Å²) in [5, 5.41) is 9.89. The lowest BCUT2D eigenvalue weighted by Crippen LogP contribution is -2.25. The average molecular weight is 288 g/mol. The minimum Gasteiger partial charge on any atom is -0.387 e. The molecule has 0 fully saturated rings. The molecule has 0 aromatic heterocycles. The van der Waals surface area contributed by atoms with E-state index in [0.29, 0.717) is 18.7 Å². The van der Waals surface area contributed by atoms with Gasteiger partial charge in [-0.05, 0) is 24.7 Å². The Morgan fingerprint density at radius 2 is 2.06 bits per heavy atom. The van der Waals surface area contributed by atoms with Crippen molar-refractivity contribution in [3.05, 3.63) is 46.7 Å². The number of likely N-dealkylation sites (N-methyl/N-ethyl adjacent to an activating group) is 1. The Hall–Kier alpha value is -0.710. The molecule has 0 saturated carbocycles. The summed E-state index contributed by atoms with van der Waals surface area (Å²) in [6.45, 7) is 4.88. The van der Waals surface area contributed by atoms with Gasteiger partial charge in [-0.25, -0.2) is 4.39 Å². The van der Waals surface area contributed by atoms with Crippen LogP contribution in [0.1, 0.15) is 11.7 Å². The van der Waals surface area contributed by atoms with Gasteiger partial charge in [0.15, 0.2) is 0 Å². The number of nitrogens with zero attached hydrogens (tertiary/aromatic N) is 1. The molecule has 0 radical (unpaired) electrons. The first-order valence-electron chi connectivity index (χ1n) is 4.94. The molecule has 0 spiro atoms. The van der Waals surface area contributed by atoms with Crippen LogP contribution in [0, 0.1) is 5.82 Å². The molecule has 1 aromatic carbocycles. The van der Waals surface area contributed by atoms with Crippen LogP contribution < -0.4 is 0 Å². The van der Waals surface area contributed by atoms with Crippen molar-refractivity contribution in [1.82, 2.24) is 4.90 Å². The minimum atomic E-state index is -0.613. The molecule has 16 heavy (non-hydrogen) atoms. The lowest BCUT2D eigenvalue weighted by molar-refractivity contribution is 0.132. The van der Waals surface area contributed by atoms with Gasteiger partial charge in [0, 0.05) is 17.6 Å². The number of hydrogen-bond donors (Lipinski definition) is 1. The molecule has 0 aliphatic heterocycles. The van der Waals surface area contributed by atoms with E-state index in [1.54, 1.807) is 12.1 Å². The van der Waals surface area contributed by atoms with Crippen LogP contribution in [0.4, 0.5) is 4.39 Å². The molecule has 0 aliphatic carbocycles. The van der Waals surface area contributed by atoms with E-state index in [1.807, 2.05) is 11.9 Å². The zero-order chi connectivity index (χ0) is 12.1. The van der Waals surface area contributed by atoms with Gasteiger partial charge < -0.3 is 5.11 Å². The third-order valence-corrected chi connectivity index (χ3v) is 2.43. The lowest BCUT2D eigenvalue weighted by atomic mass is 10.1. The van der Waals surface area contributed by atoms with Crippen molar-refractivity contribution in [2.24, 2.45) is 0 Å². The SMILES string of the molecule is C=C(Br)CN(C)CC(O)c1ccc(F)cc1. The molecular weight excluding hydrogens is 273 g/mol. The van der Waals surface area contributed by atoms with Crippen molar-refractivity contribution in [1.29, 1.82) is 0 Å². The second kappa shape index (κ2) is 6.13. The number of aliphatic hydroxyl groups is 1. The fourth-order valence-electron chi connectivity index (χ4n) is 1.44. The maximum Gasteiger partial charge on any atom is 0.123 e. The van der Waals surface area contributed by atoms with Crippen molar-refractivity contribution in [2.75, 3.05) is 20.1 Å². The fourth-order valence-corrected chi connectivity index (χ4v) is 1.87. The first kappa shape index (κ1) is 13.4. The van der Waals surface area contributed by atoms with E-state index in [-0.39, 0.29) is 5.82 Å². The number of aliphatic hydroxyl groups excluding tert-OH is 1. The summed E-state index contributed by atoms with van der Waals surface area (Å²) in [6.07, 6.45) is -0.613. The van der Waals surface area contributed by atoms with E-state index >= 15 is 0 Å². The minimum absolute atomic E-state index is 0.293. The third kappa shape index (κ3) is 4.43. The molecule has 0 heterocycles. The number of hydrogen-bond acceptors (Lipinski definition) is 2. The predicted octanol–water partition coefficient (Wildman–Crippen LogP) is 2.70. The maximum absolute atomic E-state index is 12.7. The van der Waals surface area contributed by atoms with Crippen LogP contribution in [-0.4, -0.2) is 30.1 Å². The summed E-state index contributed by atoms with van der Waals surface area (Å²) in [5.41, 5.74) is 0.716. The number of benzene rings is 1. The largest absolute Gasteiger partial charge is 0.387 e. The Labute approximate surface area is 104 Å². The van der Waals surface area contributed by atoms with E-state index in [1.165, 1.54) is 12.1 Å². The predicted molar refractivity (Wildman–Crippen MR) is 66.9 cm³/mol. The number of halogens is 2. The molecule has 0 amide bonds. The topological polar surface area (TPSA) is 23.5 Å². The van der Waals surface area contributed by atoms with Crippen molar-refractivity contribution < 1.29 is 9.50 Å². The van der Waals surface area contributed by atoms with E-state index in [0.717, 1.165) is 4.48 Å². The number of rotatable bonds is 5. The molecule has 1 unspecified atom stereocenters. The summed E-state index contributed by atoms with van der Waals surface area (Å²) >= 11 is 3.26. The van der Waals surface area contributed by atoms with Gasteiger partial charge in [-0.3, -0.25) is 4.90 Å². The summed E-state index contributed by atoms with van der Waals surface area (Å²) < 4.78 is 13.5. The van der Waals surface area contributed by atoms with Crippen molar-refractivity contribution >= 4 is 15.9 Å². The maximum atomic E-state index is 12.7. The van der Waals surface area contributed by atoms with E-state index in [9.17, 15) is 9.50 Å². The Morgan fingerprint density at radius 1 is 1.50 bits per heavy atom. The first-order chi connectivity index (χ1) is 7.49. The third-order valence-electron chi connectivity index (χ3n) is 2.18. The average Bonchev–Trinajstić information content (AvgIpc) is 2.16. The van der Waals surface area contributed by atoms with Gasteiger partial charge in [0.25, 0.3) is 0 Å². The lowest BCUT2D eigenvalue weighted by Gasteiger charge is -2.20. The van der Waals surface area contributed by atoms with E-state index in [4.69, 9.17) is 0 Å². The van der Waals surface area contributed by atoms with Gasteiger partial charge >= 0.3 is 0 Å². The molecular formula is C12H15BrFNO. The van der Waals surface area contributed by atoms with E-state index in [2.05, 4.69) is 22.5 Å². The van der Waals surface area contributed by atoms with Gasteiger partial charge in [0.1, 0.15) is 5.82 Å². The van der Waals surface area contributed by atoms with Crippen LogP contribution in [0.25, 0.3) is 0 Å². The molecule has 1 aromatic rings. The van der Waals surface area contributed by atoms with Crippen LogP contribution >= 0.6 is 15.9 Å². The van der Waals surface area contributed by atoms with Gasteiger partial charge in [-0.15, -0.1) is 0 Å². The van der Waals surface area contributed by atoms with Gasteiger partial charge in [-0.1, -0.05) is 34.6 Å². The van der Waals surface area contributed by atoms with Crippen molar-refractivity contribution in [2.45, 2.75) is 6.10 Å². The Bertz CT molecular complexity index is 353. The standard InChI is InChI=1S/C12H15BrFNO/c1-9(13)7-15(2)8-12(16)10-3-5-11(14)6-4-10/h3-6,12,16H,1,7-8H2,2H3. The van der Waals surface area contributed by atoms with Gasteiger partial charge in [-0.2, -0.15) is 0 Å². The monoisotopic (exact) mass is 287 g/mol. The molecule has 2 nitrogen and oxygen atoms in total. The fraction of sp³-hybridized carbons (Fsp3) is 0.333. The highest BCUT2D eigenvalue weighted by molar-refractivity contribution is 9.11. The highest BCUT2D eigenvalue weighted by atomic mass is 79.9. The normalized spacial score (nSPS) is 12.8. The molecule has 0 saturated heterocycles. The second-order valence-corrected chi connectivity index (χ2v) is 4.90. The Kier molecular flexibility index (Phi) is 5.12. The molecule has 1 rings (SSSR count). The van der Waals surface area contributed by atoms with Crippen molar-refractivity contribution in [3.8, 4) is 0 Å². The second-order valence-electron chi connectivity index (χ2n) is 3.78. The molecule has 1 N–H and O–H groups in total. The molecule has 4 heteroatoms. The first-order valence-corrected chi connectivity index (χ1v) is 5.73. The highest BCUT2D eigenvalue weighted by Crippen LogP contribution is 2.15. The van der Waals surface area contributed by atoms with Crippen molar-refractivity contribution in [3.63, 3.8) is 0 Å². The molecule has 88 valence electrons. The Morgan fingerprint density at radius 3 is 2.56 bits per heavy atom. The van der Waals surface area contributed by atoms with Crippen LogP contribution in [0.3, 0.4) is 0 Å². The zero-order valence-corrected chi connectivity index (χ0v) is 10.7. The Balaban J connectivity index is 2.54. The van der Waals surface area contributed by atoms with Crippen LogP contribution in [0.15, 0.2) is 35.3 Å². The summed E-state index contributed by atoms with van der Waals surface area (Å²) in [4.78, 5) is 1.94. The summed E-state index contributed by atoms with van der Waals surface area (Å²) in [5.74, 6) is -0.293. The van der Waals surface area contributed by atoms with Gasteiger partial charge in [0.05, 0.1) is 6.10 Å². The summed E-state index contributed by atoms with van der Waals surface area (Å²) in [7, 11) is 1.89.